The van der Waals surface area contributed by atoms with Crippen molar-refractivity contribution in [1.29, 1.82) is 0 Å². The third kappa shape index (κ3) is 3.73. The summed E-state index contributed by atoms with van der Waals surface area (Å²) in [5, 5.41) is 12.7. The van der Waals surface area contributed by atoms with Crippen LogP contribution in [0.1, 0.15) is 32.1 Å². The maximum Gasteiger partial charge on any atom is 0.265 e. The van der Waals surface area contributed by atoms with Crippen molar-refractivity contribution in [2.45, 2.75) is 41.7 Å². The number of ether oxygens (including phenoxy) is 1. The standard InChI is InChI=1S/C23H28N2O5S/c1-30-19-6-2-17(3-7-19)18-4-8-20(9-5-18)31(28,29)23(21(26)25-27)11-10-22(16-23)12-14-24-15-13-22/h2-9,24,27H,10-16H2,1H3,(H,25,26). The van der Waals surface area contributed by atoms with E-state index in [2.05, 4.69) is 5.32 Å². The topological polar surface area (TPSA) is 105 Å². The Kier molecular flexibility index (Phi) is 5.81. The van der Waals surface area contributed by atoms with Gasteiger partial charge in [-0.15, -0.1) is 0 Å². The van der Waals surface area contributed by atoms with Gasteiger partial charge in [-0.3, -0.25) is 10.0 Å². The van der Waals surface area contributed by atoms with E-state index in [1.807, 2.05) is 24.3 Å². The predicted octanol–water partition coefficient (Wildman–Crippen LogP) is 2.93. The first-order valence-electron chi connectivity index (χ1n) is 10.5. The van der Waals surface area contributed by atoms with Gasteiger partial charge in [0.2, 0.25) is 0 Å². The summed E-state index contributed by atoms with van der Waals surface area (Å²) >= 11 is 0. The van der Waals surface area contributed by atoms with Gasteiger partial charge in [-0.2, -0.15) is 0 Å². The number of amides is 1. The van der Waals surface area contributed by atoms with Gasteiger partial charge in [-0.1, -0.05) is 24.3 Å². The summed E-state index contributed by atoms with van der Waals surface area (Å²) in [4.78, 5) is 12.9. The Balaban J connectivity index is 1.67. The van der Waals surface area contributed by atoms with Gasteiger partial charge in [0.1, 0.15) is 5.75 Å². The highest BCUT2D eigenvalue weighted by Crippen LogP contribution is 2.54. The molecule has 1 spiro atoms. The van der Waals surface area contributed by atoms with Crippen LogP contribution in [-0.2, 0) is 14.6 Å². The SMILES string of the molecule is COc1ccc(-c2ccc(S(=O)(=O)C3(C(=O)NO)CCC4(CCNCC4)C3)cc2)cc1. The lowest BCUT2D eigenvalue weighted by Crippen LogP contribution is -2.51. The van der Waals surface area contributed by atoms with Crippen LogP contribution in [0.15, 0.2) is 53.4 Å². The summed E-state index contributed by atoms with van der Waals surface area (Å²) in [6.07, 6.45) is 2.77. The molecule has 1 unspecified atom stereocenters. The second-order valence-corrected chi connectivity index (χ2v) is 10.9. The predicted molar refractivity (Wildman–Crippen MR) is 117 cm³/mol. The summed E-state index contributed by atoms with van der Waals surface area (Å²) in [7, 11) is -2.41. The van der Waals surface area contributed by atoms with Crippen molar-refractivity contribution in [3.63, 3.8) is 0 Å². The zero-order chi connectivity index (χ0) is 22.1. The molecule has 1 heterocycles. The fourth-order valence-electron chi connectivity index (χ4n) is 5.12. The molecule has 0 bridgehead atoms. The van der Waals surface area contributed by atoms with Gasteiger partial charge in [-0.25, -0.2) is 13.9 Å². The van der Waals surface area contributed by atoms with E-state index < -0.39 is 20.5 Å². The van der Waals surface area contributed by atoms with E-state index >= 15 is 0 Å². The number of hydrogen-bond acceptors (Lipinski definition) is 6. The molecular weight excluding hydrogens is 416 g/mol. The van der Waals surface area contributed by atoms with Crippen LogP contribution in [-0.4, -0.2) is 44.5 Å². The van der Waals surface area contributed by atoms with Crippen molar-refractivity contribution in [2.75, 3.05) is 20.2 Å². The minimum Gasteiger partial charge on any atom is -0.497 e. The zero-order valence-electron chi connectivity index (χ0n) is 17.6. The van der Waals surface area contributed by atoms with Gasteiger partial charge in [0.05, 0.1) is 12.0 Å². The molecule has 1 amide bonds. The Hall–Kier alpha value is -2.42. The van der Waals surface area contributed by atoms with E-state index in [0.29, 0.717) is 6.42 Å². The van der Waals surface area contributed by atoms with Gasteiger partial charge in [0.15, 0.2) is 14.6 Å². The number of carbonyl (C=O) groups excluding carboxylic acids is 1. The quantitative estimate of drug-likeness (QED) is 0.484. The van der Waals surface area contributed by atoms with Crippen LogP contribution in [0.2, 0.25) is 0 Å². The van der Waals surface area contributed by atoms with Crippen molar-refractivity contribution in [2.24, 2.45) is 5.41 Å². The van der Waals surface area contributed by atoms with E-state index in [9.17, 15) is 18.4 Å². The summed E-state index contributed by atoms with van der Waals surface area (Å²) in [5.74, 6) is -0.0879. The smallest absolute Gasteiger partial charge is 0.265 e. The number of hydrogen-bond donors (Lipinski definition) is 3. The maximum absolute atomic E-state index is 13.7. The number of sulfone groups is 1. The molecule has 0 aromatic heterocycles. The van der Waals surface area contributed by atoms with E-state index in [1.165, 1.54) is 0 Å². The molecule has 7 nitrogen and oxygen atoms in total. The van der Waals surface area contributed by atoms with E-state index in [1.54, 1.807) is 36.9 Å². The largest absolute Gasteiger partial charge is 0.497 e. The third-order valence-corrected chi connectivity index (χ3v) is 9.46. The first-order chi connectivity index (χ1) is 14.9. The second-order valence-electron chi connectivity index (χ2n) is 8.62. The molecule has 2 aromatic rings. The van der Waals surface area contributed by atoms with Crippen molar-refractivity contribution < 1.29 is 23.2 Å². The Morgan fingerprint density at radius 2 is 1.55 bits per heavy atom. The minimum atomic E-state index is -4.01. The minimum absolute atomic E-state index is 0.0966. The normalized spacial score (nSPS) is 22.9. The van der Waals surface area contributed by atoms with Crippen LogP contribution in [0.4, 0.5) is 0 Å². The molecule has 2 fully saturated rings. The number of carbonyl (C=O) groups is 1. The highest BCUT2D eigenvalue weighted by molar-refractivity contribution is 7.93. The fourth-order valence-corrected chi connectivity index (χ4v) is 7.22. The highest BCUT2D eigenvalue weighted by Gasteiger charge is 2.60. The summed E-state index contributed by atoms with van der Waals surface area (Å²) in [6, 6.07) is 14.1. The first-order valence-corrected chi connectivity index (χ1v) is 12.0. The van der Waals surface area contributed by atoms with Gasteiger partial charge in [0.25, 0.3) is 5.91 Å². The van der Waals surface area contributed by atoms with Crippen LogP contribution in [0, 0.1) is 5.41 Å². The Bertz CT molecular complexity index is 1040. The number of methoxy groups -OCH3 is 1. The van der Waals surface area contributed by atoms with Crippen LogP contribution in [0.5, 0.6) is 5.75 Å². The number of hydroxylamine groups is 1. The fraction of sp³-hybridized carbons (Fsp3) is 0.435. The first kappa shape index (κ1) is 21.8. The molecule has 2 aromatic carbocycles. The lowest BCUT2D eigenvalue weighted by atomic mass is 9.77. The van der Waals surface area contributed by atoms with E-state index in [0.717, 1.165) is 42.8 Å². The Morgan fingerprint density at radius 3 is 2.10 bits per heavy atom. The molecule has 1 saturated heterocycles. The van der Waals surface area contributed by atoms with Gasteiger partial charge < -0.3 is 10.1 Å². The molecule has 1 aliphatic heterocycles. The van der Waals surface area contributed by atoms with Crippen LogP contribution in [0.3, 0.4) is 0 Å². The van der Waals surface area contributed by atoms with Crippen molar-refractivity contribution in [3.8, 4) is 16.9 Å². The maximum atomic E-state index is 13.7. The number of benzene rings is 2. The van der Waals surface area contributed by atoms with Crippen molar-refractivity contribution in [1.82, 2.24) is 10.8 Å². The summed E-state index contributed by atoms with van der Waals surface area (Å²) < 4.78 is 30.9. The average Bonchev–Trinajstić information content (AvgIpc) is 3.19. The van der Waals surface area contributed by atoms with Crippen LogP contribution in [0.25, 0.3) is 11.1 Å². The average molecular weight is 445 g/mol. The molecule has 8 heteroatoms. The lowest BCUT2D eigenvalue weighted by Gasteiger charge is -2.36. The number of rotatable bonds is 5. The molecule has 0 radical (unpaired) electrons. The van der Waals surface area contributed by atoms with Gasteiger partial charge in [0, 0.05) is 0 Å². The molecule has 31 heavy (non-hydrogen) atoms. The summed E-state index contributed by atoms with van der Waals surface area (Å²) in [6.45, 7) is 1.63. The lowest BCUT2D eigenvalue weighted by molar-refractivity contribution is -0.132. The van der Waals surface area contributed by atoms with Crippen molar-refractivity contribution >= 4 is 15.7 Å². The van der Waals surface area contributed by atoms with Crippen LogP contribution >= 0.6 is 0 Å². The molecule has 1 atom stereocenters. The summed E-state index contributed by atoms with van der Waals surface area (Å²) in [5.41, 5.74) is 3.26. The highest BCUT2D eigenvalue weighted by atomic mass is 32.2. The van der Waals surface area contributed by atoms with Gasteiger partial charge in [-0.05, 0) is 86.0 Å². The molecular formula is C23H28N2O5S. The van der Waals surface area contributed by atoms with Crippen LogP contribution < -0.4 is 15.5 Å². The Morgan fingerprint density at radius 1 is 0.968 bits per heavy atom. The van der Waals surface area contributed by atoms with E-state index in [-0.39, 0.29) is 23.2 Å². The molecule has 1 saturated carbocycles. The Labute approximate surface area is 182 Å². The zero-order valence-corrected chi connectivity index (χ0v) is 18.4. The molecule has 1 aliphatic carbocycles. The number of piperidine rings is 1. The molecule has 4 rings (SSSR count). The molecule has 2 aliphatic rings. The number of nitrogens with one attached hydrogen (secondary N) is 2. The second kappa shape index (κ2) is 8.26. The third-order valence-electron chi connectivity index (χ3n) is 7.00. The molecule has 3 N–H and O–H groups in total. The van der Waals surface area contributed by atoms with Gasteiger partial charge >= 0.3 is 0 Å². The molecule has 166 valence electrons. The van der Waals surface area contributed by atoms with Crippen molar-refractivity contribution in [3.05, 3.63) is 48.5 Å². The van der Waals surface area contributed by atoms with E-state index in [4.69, 9.17) is 4.74 Å². The monoisotopic (exact) mass is 444 g/mol.